The second-order valence-electron chi connectivity index (χ2n) is 3.53. The van der Waals surface area contributed by atoms with E-state index in [0.29, 0.717) is 0 Å². The second kappa shape index (κ2) is 3.80. The fourth-order valence-corrected chi connectivity index (χ4v) is 0.811. The fourth-order valence-electron chi connectivity index (χ4n) is 0.811. The van der Waals surface area contributed by atoms with Gasteiger partial charge in [-0.1, -0.05) is 13.8 Å². The highest BCUT2D eigenvalue weighted by atomic mass is 19.3. The molecule has 1 atom stereocenters. The van der Waals surface area contributed by atoms with Gasteiger partial charge in [0.05, 0.1) is 0 Å². The van der Waals surface area contributed by atoms with Crippen LogP contribution in [0.5, 0.6) is 0 Å². The summed E-state index contributed by atoms with van der Waals surface area (Å²) >= 11 is 0. The molecule has 0 spiro atoms. The highest BCUT2D eigenvalue weighted by molar-refractivity contribution is 5.71. The Labute approximate surface area is 69.6 Å². The first-order valence-corrected chi connectivity index (χ1v) is 3.61. The van der Waals surface area contributed by atoms with E-state index in [2.05, 4.69) is 5.73 Å². The molecule has 0 saturated carbocycles. The number of alkyl halides is 2. The summed E-state index contributed by atoms with van der Waals surface area (Å²) in [5.41, 5.74) is 2.00. The number of halogens is 2. The van der Waals surface area contributed by atoms with E-state index < -0.39 is 23.9 Å². The van der Waals surface area contributed by atoms with Crippen molar-refractivity contribution in [2.45, 2.75) is 32.7 Å². The van der Waals surface area contributed by atoms with Crippen LogP contribution in [0.4, 0.5) is 8.78 Å². The van der Waals surface area contributed by atoms with E-state index >= 15 is 0 Å². The maximum Gasteiger partial charge on any atom is 0.362 e. The predicted molar refractivity (Wildman–Crippen MR) is 38.7 cm³/mol. The van der Waals surface area contributed by atoms with Gasteiger partial charge in [0, 0.05) is 11.8 Å². The summed E-state index contributed by atoms with van der Waals surface area (Å²) in [5, 5.41) is 8.42. The number of quaternary nitrogens is 1. The molecule has 0 aliphatic carbocycles. The van der Waals surface area contributed by atoms with Crippen LogP contribution in [0.2, 0.25) is 0 Å². The van der Waals surface area contributed by atoms with Crippen molar-refractivity contribution < 1.29 is 24.4 Å². The van der Waals surface area contributed by atoms with Crippen molar-refractivity contribution in [3.63, 3.8) is 0 Å². The molecule has 0 aromatic carbocycles. The Bertz CT molecular complexity index is 171. The van der Waals surface area contributed by atoms with E-state index in [9.17, 15) is 13.6 Å². The molecule has 0 bridgehead atoms. The van der Waals surface area contributed by atoms with Gasteiger partial charge in [0.2, 0.25) is 6.43 Å². The lowest BCUT2D eigenvalue weighted by Crippen LogP contribution is -2.66. The van der Waals surface area contributed by atoms with Crippen LogP contribution in [0.1, 0.15) is 20.3 Å². The van der Waals surface area contributed by atoms with Crippen LogP contribution in [-0.2, 0) is 4.79 Å². The van der Waals surface area contributed by atoms with Gasteiger partial charge >= 0.3 is 5.97 Å². The largest absolute Gasteiger partial charge is 0.477 e. The molecule has 72 valence electrons. The normalized spacial score (nSPS) is 14.8. The van der Waals surface area contributed by atoms with Crippen LogP contribution in [0.15, 0.2) is 0 Å². The van der Waals surface area contributed by atoms with Gasteiger partial charge in [0.15, 0.2) is 6.04 Å². The molecule has 12 heavy (non-hydrogen) atoms. The summed E-state index contributed by atoms with van der Waals surface area (Å²) in [4.78, 5) is 10.3. The van der Waals surface area contributed by atoms with Crippen molar-refractivity contribution in [3.8, 4) is 0 Å². The average Bonchev–Trinajstić information content (AvgIpc) is 1.85. The summed E-state index contributed by atoms with van der Waals surface area (Å²) < 4.78 is 24.4. The highest BCUT2D eigenvalue weighted by Gasteiger charge is 2.35. The Morgan fingerprint density at radius 1 is 1.58 bits per heavy atom. The third-order valence-electron chi connectivity index (χ3n) is 1.71. The van der Waals surface area contributed by atoms with E-state index in [0.717, 1.165) is 0 Å². The third-order valence-corrected chi connectivity index (χ3v) is 1.71. The molecule has 0 heterocycles. The Hall–Kier alpha value is -0.710. The molecule has 0 amide bonds. The van der Waals surface area contributed by atoms with Crippen LogP contribution in [-0.4, -0.2) is 23.5 Å². The number of rotatable bonds is 4. The highest BCUT2D eigenvalue weighted by Crippen LogP contribution is 2.29. The van der Waals surface area contributed by atoms with Gasteiger partial charge in [-0.15, -0.1) is 0 Å². The van der Waals surface area contributed by atoms with Gasteiger partial charge in [-0.2, -0.15) is 0 Å². The van der Waals surface area contributed by atoms with Crippen LogP contribution in [0.3, 0.4) is 0 Å². The zero-order valence-corrected chi connectivity index (χ0v) is 7.18. The minimum absolute atomic E-state index is 0.111. The molecule has 0 aromatic heterocycles. The fraction of sp³-hybridized carbons (Fsp3) is 0.857. The smallest absolute Gasteiger partial charge is 0.362 e. The zero-order valence-electron chi connectivity index (χ0n) is 7.18. The van der Waals surface area contributed by atoms with Gasteiger partial charge < -0.3 is 10.8 Å². The lowest BCUT2D eigenvalue weighted by atomic mass is 9.86. The standard InChI is InChI=1S/C7H13F2NO2/c1-7(2,6(8)9)3-4(10)5(11)12/h4,6H,3,10H2,1-2H3,(H,11,12)/p+1. The molecule has 5 heteroatoms. The van der Waals surface area contributed by atoms with Crippen molar-refractivity contribution in [2.24, 2.45) is 5.41 Å². The molecule has 0 fully saturated rings. The van der Waals surface area contributed by atoms with E-state index in [1.165, 1.54) is 13.8 Å². The Morgan fingerprint density at radius 3 is 2.25 bits per heavy atom. The topological polar surface area (TPSA) is 64.9 Å². The number of hydrogen-bond acceptors (Lipinski definition) is 1. The van der Waals surface area contributed by atoms with Crippen LogP contribution in [0.25, 0.3) is 0 Å². The van der Waals surface area contributed by atoms with Gasteiger partial charge in [-0.05, 0) is 0 Å². The van der Waals surface area contributed by atoms with E-state index in [1.807, 2.05) is 0 Å². The molecule has 0 rings (SSSR count). The van der Waals surface area contributed by atoms with Crippen molar-refractivity contribution in [1.82, 2.24) is 0 Å². The first kappa shape index (κ1) is 11.3. The maximum atomic E-state index is 12.2. The molecule has 0 aliphatic rings. The van der Waals surface area contributed by atoms with Crippen molar-refractivity contribution in [1.29, 1.82) is 0 Å². The number of carboxylic acid groups (broad SMARTS) is 1. The van der Waals surface area contributed by atoms with Gasteiger partial charge in [-0.3, -0.25) is 0 Å². The minimum atomic E-state index is -2.51. The third kappa shape index (κ3) is 3.13. The Morgan fingerprint density at radius 2 is 2.00 bits per heavy atom. The van der Waals surface area contributed by atoms with E-state index in [-0.39, 0.29) is 6.42 Å². The molecule has 1 unspecified atom stereocenters. The van der Waals surface area contributed by atoms with E-state index in [4.69, 9.17) is 5.11 Å². The summed E-state index contributed by atoms with van der Waals surface area (Å²) in [6.07, 6.45) is -2.62. The van der Waals surface area contributed by atoms with Gasteiger partial charge in [-0.25, -0.2) is 13.6 Å². The quantitative estimate of drug-likeness (QED) is 0.659. The van der Waals surface area contributed by atoms with Crippen LogP contribution < -0.4 is 5.73 Å². The lowest BCUT2D eigenvalue weighted by molar-refractivity contribution is -0.414. The Kier molecular flexibility index (Phi) is 3.57. The summed E-state index contributed by atoms with van der Waals surface area (Å²) in [6, 6.07) is -0.964. The molecule has 4 N–H and O–H groups in total. The first-order chi connectivity index (χ1) is 5.27. The molecular formula is C7H14F2NO2+. The second-order valence-corrected chi connectivity index (χ2v) is 3.53. The Balaban J connectivity index is 4.15. The molecule has 0 aliphatic heterocycles. The lowest BCUT2D eigenvalue weighted by Gasteiger charge is -2.23. The van der Waals surface area contributed by atoms with Crippen LogP contribution in [0, 0.1) is 5.41 Å². The minimum Gasteiger partial charge on any atom is -0.477 e. The summed E-state index contributed by atoms with van der Waals surface area (Å²) in [7, 11) is 0. The molecule has 3 nitrogen and oxygen atoms in total. The zero-order chi connectivity index (χ0) is 9.94. The van der Waals surface area contributed by atoms with E-state index in [1.54, 1.807) is 0 Å². The molecular weight excluding hydrogens is 168 g/mol. The monoisotopic (exact) mass is 182 g/mol. The van der Waals surface area contributed by atoms with Crippen LogP contribution >= 0.6 is 0 Å². The first-order valence-electron chi connectivity index (χ1n) is 3.61. The SMILES string of the molecule is CC(C)(CC([NH3+])C(=O)O)C(F)F. The molecule has 0 radical (unpaired) electrons. The molecule has 0 aromatic rings. The average molecular weight is 182 g/mol. The number of carboxylic acids is 1. The van der Waals surface area contributed by atoms with Gasteiger partial charge in [0.25, 0.3) is 0 Å². The number of carbonyl (C=O) groups is 1. The summed E-state index contributed by atoms with van der Waals surface area (Å²) in [5.74, 6) is -1.14. The molecule has 0 saturated heterocycles. The van der Waals surface area contributed by atoms with Crippen molar-refractivity contribution in [2.75, 3.05) is 0 Å². The van der Waals surface area contributed by atoms with Crippen molar-refractivity contribution in [3.05, 3.63) is 0 Å². The maximum absolute atomic E-state index is 12.2. The summed E-state index contributed by atoms with van der Waals surface area (Å²) in [6.45, 7) is 2.66. The van der Waals surface area contributed by atoms with Gasteiger partial charge in [0.1, 0.15) is 0 Å². The number of hydrogen-bond donors (Lipinski definition) is 2. The van der Waals surface area contributed by atoms with Crippen molar-refractivity contribution >= 4 is 5.97 Å². The number of aliphatic carboxylic acids is 1. The predicted octanol–water partition coefficient (Wildman–Crippen LogP) is 0.363.